The van der Waals surface area contributed by atoms with Gasteiger partial charge in [0.2, 0.25) is 0 Å². The SMILES string of the molecule is CCC(N)Cc1ccc(N2CCn3cnnc3C2)cc1Cl. The Bertz CT molecular complexity index is 624. The lowest BCUT2D eigenvalue weighted by molar-refractivity contribution is 0.560. The molecule has 112 valence electrons. The second-order valence-electron chi connectivity index (χ2n) is 5.51. The van der Waals surface area contributed by atoms with Crippen molar-refractivity contribution in [3.63, 3.8) is 0 Å². The van der Waals surface area contributed by atoms with Gasteiger partial charge in [-0.1, -0.05) is 24.6 Å². The maximum atomic E-state index is 6.41. The average molecular weight is 306 g/mol. The second kappa shape index (κ2) is 6.03. The Morgan fingerprint density at radius 1 is 1.38 bits per heavy atom. The predicted octanol–water partition coefficient (Wildman–Crippen LogP) is 2.23. The zero-order valence-electron chi connectivity index (χ0n) is 12.2. The number of nitrogens with two attached hydrogens (primary N) is 1. The minimum absolute atomic E-state index is 0.168. The van der Waals surface area contributed by atoms with Gasteiger partial charge >= 0.3 is 0 Å². The number of rotatable bonds is 4. The van der Waals surface area contributed by atoms with E-state index in [1.165, 1.54) is 0 Å². The summed E-state index contributed by atoms with van der Waals surface area (Å²) in [5, 5.41) is 8.89. The summed E-state index contributed by atoms with van der Waals surface area (Å²) >= 11 is 6.41. The number of aromatic nitrogens is 3. The van der Waals surface area contributed by atoms with E-state index in [4.69, 9.17) is 17.3 Å². The fourth-order valence-corrected chi connectivity index (χ4v) is 2.86. The first-order chi connectivity index (χ1) is 10.2. The van der Waals surface area contributed by atoms with Crippen molar-refractivity contribution < 1.29 is 0 Å². The van der Waals surface area contributed by atoms with Crippen LogP contribution in [0.4, 0.5) is 5.69 Å². The number of fused-ring (bicyclic) bond motifs is 1. The van der Waals surface area contributed by atoms with Crippen LogP contribution in [0.25, 0.3) is 0 Å². The second-order valence-corrected chi connectivity index (χ2v) is 5.92. The van der Waals surface area contributed by atoms with Crippen LogP contribution >= 0.6 is 11.6 Å². The summed E-state index contributed by atoms with van der Waals surface area (Å²) in [5.74, 6) is 0.995. The third kappa shape index (κ3) is 3.04. The number of hydrogen-bond acceptors (Lipinski definition) is 4. The Labute approximate surface area is 129 Å². The van der Waals surface area contributed by atoms with E-state index in [9.17, 15) is 0 Å². The van der Waals surface area contributed by atoms with Gasteiger partial charge in [-0.15, -0.1) is 10.2 Å². The Morgan fingerprint density at radius 2 is 2.24 bits per heavy atom. The molecule has 0 aliphatic carbocycles. The normalized spacial score (nSPS) is 15.9. The van der Waals surface area contributed by atoms with Gasteiger partial charge in [-0.25, -0.2) is 0 Å². The molecule has 5 nitrogen and oxygen atoms in total. The molecule has 0 amide bonds. The Kier molecular flexibility index (Phi) is 4.12. The topological polar surface area (TPSA) is 60.0 Å². The minimum atomic E-state index is 0.168. The van der Waals surface area contributed by atoms with Crippen LogP contribution in [0.3, 0.4) is 0 Å². The quantitative estimate of drug-likeness (QED) is 0.941. The average Bonchev–Trinajstić information content (AvgIpc) is 2.96. The molecule has 1 aromatic heterocycles. The molecule has 0 radical (unpaired) electrons. The highest BCUT2D eigenvalue weighted by atomic mass is 35.5. The van der Waals surface area contributed by atoms with E-state index in [-0.39, 0.29) is 6.04 Å². The molecule has 1 aliphatic heterocycles. The van der Waals surface area contributed by atoms with Crippen LogP contribution < -0.4 is 10.6 Å². The monoisotopic (exact) mass is 305 g/mol. The first kappa shape index (κ1) is 14.4. The summed E-state index contributed by atoms with van der Waals surface area (Å²) in [4.78, 5) is 2.28. The zero-order valence-corrected chi connectivity index (χ0v) is 12.9. The standard InChI is InChI=1S/C15H20ClN5/c1-2-12(17)7-11-3-4-13(8-14(11)16)20-5-6-21-10-18-19-15(21)9-20/h3-4,8,10,12H,2,5-7,9,17H2,1H3. The van der Waals surface area contributed by atoms with Gasteiger partial charge in [0.1, 0.15) is 6.33 Å². The lowest BCUT2D eigenvalue weighted by Gasteiger charge is -2.29. The highest BCUT2D eigenvalue weighted by molar-refractivity contribution is 6.31. The number of hydrogen-bond donors (Lipinski definition) is 1. The third-order valence-electron chi connectivity index (χ3n) is 4.05. The Balaban J connectivity index is 1.77. The van der Waals surface area contributed by atoms with Crippen LogP contribution in [-0.4, -0.2) is 27.4 Å². The van der Waals surface area contributed by atoms with Crippen molar-refractivity contribution in [1.29, 1.82) is 0 Å². The van der Waals surface area contributed by atoms with Gasteiger partial charge in [0, 0.05) is 29.8 Å². The van der Waals surface area contributed by atoms with Crippen molar-refractivity contribution in [2.24, 2.45) is 5.73 Å². The summed E-state index contributed by atoms with van der Waals surface area (Å²) in [5.41, 5.74) is 8.26. The van der Waals surface area contributed by atoms with Gasteiger partial charge in [0.05, 0.1) is 6.54 Å². The van der Waals surface area contributed by atoms with Gasteiger partial charge in [-0.3, -0.25) is 0 Å². The van der Waals surface area contributed by atoms with Crippen LogP contribution in [0.15, 0.2) is 24.5 Å². The van der Waals surface area contributed by atoms with Crippen LogP contribution in [0.2, 0.25) is 5.02 Å². The number of benzene rings is 1. The number of anilines is 1. The summed E-state index contributed by atoms with van der Waals surface area (Å²) < 4.78 is 2.09. The highest BCUT2D eigenvalue weighted by Gasteiger charge is 2.18. The largest absolute Gasteiger partial charge is 0.362 e. The molecule has 2 heterocycles. The van der Waals surface area contributed by atoms with Crippen molar-refractivity contribution in [2.45, 2.75) is 38.9 Å². The van der Waals surface area contributed by atoms with Gasteiger partial charge in [0.15, 0.2) is 5.82 Å². The van der Waals surface area contributed by atoms with Crippen molar-refractivity contribution in [1.82, 2.24) is 14.8 Å². The number of nitrogens with zero attached hydrogens (tertiary/aromatic N) is 4. The fraction of sp³-hybridized carbons (Fsp3) is 0.467. The summed E-state index contributed by atoms with van der Waals surface area (Å²) in [6.07, 6.45) is 3.57. The van der Waals surface area contributed by atoms with E-state index in [1.54, 1.807) is 6.33 Å². The van der Waals surface area contributed by atoms with Crippen LogP contribution in [-0.2, 0) is 19.5 Å². The molecule has 1 aliphatic rings. The van der Waals surface area contributed by atoms with Crippen molar-refractivity contribution in [2.75, 3.05) is 11.4 Å². The molecule has 0 bridgehead atoms. The molecule has 1 aromatic carbocycles. The molecule has 1 unspecified atom stereocenters. The van der Waals surface area contributed by atoms with Crippen LogP contribution in [0, 0.1) is 0 Å². The van der Waals surface area contributed by atoms with Gasteiger partial charge in [0.25, 0.3) is 0 Å². The molecule has 0 saturated carbocycles. The predicted molar refractivity (Wildman–Crippen MR) is 84.5 cm³/mol. The first-order valence-electron chi connectivity index (χ1n) is 7.33. The lowest BCUT2D eigenvalue weighted by Crippen LogP contribution is -2.33. The van der Waals surface area contributed by atoms with E-state index >= 15 is 0 Å². The summed E-state index contributed by atoms with van der Waals surface area (Å²) in [6.45, 7) is 4.71. The molecule has 2 aromatic rings. The van der Waals surface area contributed by atoms with Crippen LogP contribution in [0.5, 0.6) is 0 Å². The molecule has 21 heavy (non-hydrogen) atoms. The lowest BCUT2D eigenvalue weighted by atomic mass is 10.0. The molecule has 1 atom stereocenters. The van der Waals surface area contributed by atoms with Crippen molar-refractivity contribution >= 4 is 17.3 Å². The van der Waals surface area contributed by atoms with Gasteiger partial charge in [-0.05, 0) is 30.5 Å². The maximum Gasteiger partial charge on any atom is 0.152 e. The van der Waals surface area contributed by atoms with Crippen molar-refractivity contribution in [3.05, 3.63) is 40.9 Å². The van der Waals surface area contributed by atoms with Crippen molar-refractivity contribution in [3.8, 4) is 0 Å². The molecule has 0 spiro atoms. The molecule has 3 rings (SSSR count). The number of halogens is 1. The molecule has 0 saturated heterocycles. The summed E-state index contributed by atoms with van der Waals surface area (Å²) in [6, 6.07) is 6.41. The van der Waals surface area contributed by atoms with Crippen LogP contribution in [0.1, 0.15) is 24.7 Å². The molecular formula is C15H20ClN5. The minimum Gasteiger partial charge on any atom is -0.362 e. The summed E-state index contributed by atoms with van der Waals surface area (Å²) in [7, 11) is 0. The molecule has 6 heteroatoms. The zero-order chi connectivity index (χ0) is 14.8. The molecular weight excluding hydrogens is 286 g/mol. The Hall–Kier alpha value is -1.59. The van der Waals surface area contributed by atoms with Gasteiger partial charge in [-0.2, -0.15) is 0 Å². The maximum absolute atomic E-state index is 6.41. The smallest absolute Gasteiger partial charge is 0.152 e. The van der Waals surface area contributed by atoms with E-state index < -0.39 is 0 Å². The van der Waals surface area contributed by atoms with E-state index in [1.807, 2.05) is 6.07 Å². The Morgan fingerprint density at radius 3 is 3.00 bits per heavy atom. The van der Waals surface area contributed by atoms with Gasteiger partial charge < -0.3 is 15.2 Å². The molecule has 0 fully saturated rings. The van der Waals surface area contributed by atoms with E-state index in [2.05, 4.69) is 38.7 Å². The first-order valence-corrected chi connectivity index (χ1v) is 7.70. The van der Waals surface area contributed by atoms with E-state index in [0.717, 1.165) is 54.6 Å². The van der Waals surface area contributed by atoms with E-state index in [0.29, 0.717) is 0 Å². The molecule has 2 N–H and O–H groups in total. The highest BCUT2D eigenvalue weighted by Crippen LogP contribution is 2.27. The fourth-order valence-electron chi connectivity index (χ4n) is 2.61. The third-order valence-corrected chi connectivity index (χ3v) is 4.40.